The van der Waals surface area contributed by atoms with E-state index in [1.807, 2.05) is 91.0 Å². The average Bonchev–Trinajstić information content (AvgIpc) is 3.08. The highest BCUT2D eigenvalue weighted by Gasteiger charge is 2.33. The summed E-state index contributed by atoms with van der Waals surface area (Å²) < 4.78 is 12.2. The number of anilines is 1. The molecule has 1 aliphatic heterocycles. The van der Waals surface area contributed by atoms with E-state index in [2.05, 4.69) is 0 Å². The van der Waals surface area contributed by atoms with E-state index in [-0.39, 0.29) is 5.91 Å². The molecule has 0 aromatic heterocycles. The van der Waals surface area contributed by atoms with Crippen molar-refractivity contribution >= 4 is 46.0 Å². The van der Waals surface area contributed by atoms with E-state index in [0.717, 1.165) is 29.2 Å². The summed E-state index contributed by atoms with van der Waals surface area (Å²) in [4.78, 5) is 15.1. The van der Waals surface area contributed by atoms with Crippen LogP contribution in [0, 0.1) is 0 Å². The van der Waals surface area contributed by atoms with Crippen LogP contribution in [0.1, 0.15) is 12.0 Å². The third kappa shape index (κ3) is 5.34. The zero-order valence-electron chi connectivity index (χ0n) is 16.8. The van der Waals surface area contributed by atoms with Gasteiger partial charge in [-0.25, -0.2) is 0 Å². The number of thioether (sulfide) groups is 1. The zero-order chi connectivity index (χ0) is 21.5. The molecular weight excluding hydrogens is 426 g/mol. The van der Waals surface area contributed by atoms with Crippen molar-refractivity contribution in [1.29, 1.82) is 0 Å². The summed E-state index contributed by atoms with van der Waals surface area (Å²) in [6, 6.07) is 26.9. The molecule has 0 unspecified atom stereocenters. The molecule has 0 N–H and O–H groups in total. The Balaban J connectivity index is 1.39. The summed E-state index contributed by atoms with van der Waals surface area (Å²) >= 11 is 6.75. The van der Waals surface area contributed by atoms with Crippen LogP contribution in [0.2, 0.25) is 0 Å². The molecule has 1 saturated heterocycles. The molecule has 1 heterocycles. The van der Waals surface area contributed by atoms with E-state index in [1.54, 1.807) is 4.90 Å². The lowest BCUT2D eigenvalue weighted by Gasteiger charge is -2.14. The van der Waals surface area contributed by atoms with Crippen molar-refractivity contribution in [2.75, 3.05) is 18.1 Å². The van der Waals surface area contributed by atoms with Crippen LogP contribution in [0.3, 0.4) is 0 Å². The summed E-state index contributed by atoms with van der Waals surface area (Å²) in [6.07, 6.45) is 2.59. The number of rotatable bonds is 8. The minimum Gasteiger partial charge on any atom is -0.493 e. The maximum atomic E-state index is 13.0. The average molecular weight is 448 g/mol. The fourth-order valence-corrected chi connectivity index (χ4v) is 4.38. The van der Waals surface area contributed by atoms with Crippen molar-refractivity contribution in [3.63, 3.8) is 0 Å². The highest BCUT2D eigenvalue weighted by molar-refractivity contribution is 8.27. The second kappa shape index (κ2) is 10.3. The van der Waals surface area contributed by atoms with Gasteiger partial charge in [-0.1, -0.05) is 78.6 Å². The van der Waals surface area contributed by atoms with Gasteiger partial charge in [0.25, 0.3) is 5.91 Å². The van der Waals surface area contributed by atoms with Crippen LogP contribution in [0.25, 0.3) is 6.08 Å². The van der Waals surface area contributed by atoms with E-state index in [1.165, 1.54) is 11.8 Å². The van der Waals surface area contributed by atoms with Crippen LogP contribution in [-0.2, 0) is 4.79 Å². The zero-order valence-corrected chi connectivity index (χ0v) is 18.4. The first-order valence-electron chi connectivity index (χ1n) is 9.95. The summed E-state index contributed by atoms with van der Waals surface area (Å²) in [7, 11) is 0. The molecule has 0 spiro atoms. The van der Waals surface area contributed by atoms with E-state index < -0.39 is 0 Å². The van der Waals surface area contributed by atoms with Gasteiger partial charge in [0.15, 0.2) is 4.32 Å². The summed E-state index contributed by atoms with van der Waals surface area (Å²) in [5.74, 6) is 1.46. The standard InChI is InChI=1S/C25H21NO3S2/c27-24-23(31-25(30)26(24)20-11-3-1-4-12-20)18-19-10-7-8-15-22(19)29-17-9-16-28-21-13-5-2-6-14-21/h1-8,10-15,18H,9,16-17H2/b23-18-. The minimum atomic E-state index is -0.118. The van der Waals surface area contributed by atoms with Gasteiger partial charge in [0.05, 0.1) is 23.8 Å². The lowest BCUT2D eigenvalue weighted by atomic mass is 10.2. The van der Waals surface area contributed by atoms with Crippen LogP contribution >= 0.6 is 24.0 Å². The molecule has 1 aliphatic rings. The van der Waals surface area contributed by atoms with Gasteiger partial charge in [0.2, 0.25) is 0 Å². The molecule has 156 valence electrons. The summed E-state index contributed by atoms with van der Waals surface area (Å²) in [5, 5.41) is 0. The molecule has 0 aliphatic carbocycles. The van der Waals surface area contributed by atoms with E-state index in [0.29, 0.717) is 22.4 Å². The second-order valence-corrected chi connectivity index (χ2v) is 8.43. The molecule has 31 heavy (non-hydrogen) atoms. The molecular formula is C25H21NO3S2. The monoisotopic (exact) mass is 447 g/mol. The molecule has 3 aromatic carbocycles. The van der Waals surface area contributed by atoms with Gasteiger partial charge in [-0.3, -0.25) is 9.69 Å². The normalized spacial score (nSPS) is 14.8. The molecule has 0 bridgehead atoms. The molecule has 0 atom stereocenters. The number of hydrogen-bond acceptors (Lipinski definition) is 5. The van der Waals surface area contributed by atoms with Crippen molar-refractivity contribution < 1.29 is 14.3 Å². The number of hydrogen-bond donors (Lipinski definition) is 0. The van der Waals surface area contributed by atoms with Crippen molar-refractivity contribution in [1.82, 2.24) is 0 Å². The first-order valence-corrected chi connectivity index (χ1v) is 11.2. The maximum absolute atomic E-state index is 13.0. The van der Waals surface area contributed by atoms with Crippen molar-refractivity contribution in [2.45, 2.75) is 6.42 Å². The highest BCUT2D eigenvalue weighted by Crippen LogP contribution is 2.37. The van der Waals surface area contributed by atoms with Crippen LogP contribution in [0.5, 0.6) is 11.5 Å². The van der Waals surface area contributed by atoms with Gasteiger partial charge in [0.1, 0.15) is 11.5 Å². The lowest BCUT2D eigenvalue weighted by molar-refractivity contribution is -0.113. The van der Waals surface area contributed by atoms with E-state index in [4.69, 9.17) is 21.7 Å². The number of para-hydroxylation sites is 3. The number of nitrogens with zero attached hydrogens (tertiary/aromatic N) is 1. The van der Waals surface area contributed by atoms with Crippen LogP contribution in [-0.4, -0.2) is 23.4 Å². The SMILES string of the molecule is O=C1/C(=C/c2ccccc2OCCCOc2ccccc2)SC(=S)N1c1ccccc1. The van der Waals surface area contributed by atoms with Gasteiger partial charge < -0.3 is 9.47 Å². The Morgan fingerprint density at radius 2 is 1.48 bits per heavy atom. The Bertz CT molecular complexity index is 1080. The molecule has 3 aromatic rings. The number of ether oxygens (including phenoxy) is 2. The lowest BCUT2D eigenvalue weighted by Crippen LogP contribution is -2.27. The molecule has 0 saturated carbocycles. The third-order valence-corrected chi connectivity index (χ3v) is 5.87. The number of carbonyl (C=O) groups excluding carboxylic acids is 1. The Morgan fingerprint density at radius 1 is 0.839 bits per heavy atom. The Morgan fingerprint density at radius 3 is 2.26 bits per heavy atom. The minimum absolute atomic E-state index is 0.118. The topological polar surface area (TPSA) is 38.8 Å². The fraction of sp³-hybridized carbons (Fsp3) is 0.120. The smallest absolute Gasteiger partial charge is 0.270 e. The van der Waals surface area contributed by atoms with Gasteiger partial charge in [0, 0.05) is 12.0 Å². The first-order chi connectivity index (χ1) is 15.2. The second-order valence-electron chi connectivity index (χ2n) is 6.75. The molecule has 1 fully saturated rings. The largest absolute Gasteiger partial charge is 0.493 e. The first kappa shape index (κ1) is 21.2. The Hall–Kier alpha value is -3.09. The van der Waals surface area contributed by atoms with Crippen LogP contribution in [0.15, 0.2) is 89.8 Å². The fourth-order valence-electron chi connectivity index (χ4n) is 3.09. The third-order valence-electron chi connectivity index (χ3n) is 4.57. The van der Waals surface area contributed by atoms with Gasteiger partial charge >= 0.3 is 0 Å². The molecule has 4 nitrogen and oxygen atoms in total. The summed E-state index contributed by atoms with van der Waals surface area (Å²) in [6.45, 7) is 1.09. The Labute approximate surface area is 191 Å². The van der Waals surface area contributed by atoms with Crippen LogP contribution < -0.4 is 14.4 Å². The molecule has 6 heteroatoms. The maximum Gasteiger partial charge on any atom is 0.270 e. The van der Waals surface area contributed by atoms with E-state index in [9.17, 15) is 4.79 Å². The van der Waals surface area contributed by atoms with Gasteiger partial charge in [-0.15, -0.1) is 0 Å². The predicted octanol–water partition coefficient (Wildman–Crippen LogP) is 5.94. The molecule has 4 rings (SSSR count). The Kier molecular flexibility index (Phi) is 7.02. The predicted molar refractivity (Wildman–Crippen MR) is 131 cm³/mol. The number of carbonyl (C=O) groups is 1. The van der Waals surface area contributed by atoms with Crippen molar-refractivity contribution in [3.05, 3.63) is 95.4 Å². The van der Waals surface area contributed by atoms with Crippen molar-refractivity contribution in [2.24, 2.45) is 0 Å². The number of benzene rings is 3. The number of thiocarbonyl (C=S) groups is 1. The van der Waals surface area contributed by atoms with E-state index >= 15 is 0 Å². The van der Waals surface area contributed by atoms with Crippen LogP contribution in [0.4, 0.5) is 5.69 Å². The quantitative estimate of drug-likeness (QED) is 0.243. The van der Waals surface area contributed by atoms with Gasteiger partial charge in [-0.05, 0) is 36.4 Å². The summed E-state index contributed by atoms with van der Waals surface area (Å²) in [5.41, 5.74) is 1.62. The number of amides is 1. The highest BCUT2D eigenvalue weighted by atomic mass is 32.2. The molecule has 1 amide bonds. The van der Waals surface area contributed by atoms with Gasteiger partial charge in [-0.2, -0.15) is 0 Å². The molecule has 0 radical (unpaired) electrons. The van der Waals surface area contributed by atoms with Crippen molar-refractivity contribution in [3.8, 4) is 11.5 Å².